The van der Waals surface area contributed by atoms with Gasteiger partial charge in [0.1, 0.15) is 0 Å². The molecule has 1 aliphatic carbocycles. The zero-order valence-corrected chi connectivity index (χ0v) is 19.5. The molecule has 2 N–H and O–H groups in total. The fraction of sp³-hybridized carbons (Fsp3) is 0.385. The normalized spacial score (nSPS) is 17.7. The molecule has 1 aliphatic rings. The summed E-state index contributed by atoms with van der Waals surface area (Å²) in [5, 5.41) is 13.6. The van der Waals surface area contributed by atoms with Crippen LogP contribution in [-0.2, 0) is 16.0 Å². The van der Waals surface area contributed by atoms with E-state index in [-0.39, 0.29) is 17.9 Å². The number of hydrogen-bond donors (Lipinski definition) is 2. The number of aromatic nitrogens is 2. The smallest absolute Gasteiger partial charge is 0.320 e. The predicted molar refractivity (Wildman–Crippen MR) is 129 cm³/mol. The molecule has 4 rings (SSSR count). The maximum Gasteiger partial charge on any atom is 0.320 e. The largest absolute Gasteiger partial charge is 0.469 e. The van der Waals surface area contributed by atoms with Crippen molar-refractivity contribution < 1.29 is 18.7 Å². The first-order valence-electron chi connectivity index (χ1n) is 11.7. The van der Waals surface area contributed by atoms with Gasteiger partial charge in [0, 0.05) is 17.8 Å². The highest BCUT2D eigenvalue weighted by molar-refractivity contribution is 6.00. The van der Waals surface area contributed by atoms with E-state index in [0.29, 0.717) is 23.9 Å². The van der Waals surface area contributed by atoms with Crippen LogP contribution in [0, 0.1) is 5.92 Å². The highest BCUT2D eigenvalue weighted by atomic mass is 16.5. The standard InChI is InChI=1S/C26H30N4O4/c1-3-17-5-4-6-22(15-17)28-26-30-29-25(34-26)24(32)27-21-13-11-20(12-14-21)19-9-7-18(8-10-19)16-23(31)33-2/h4-6,11-15,18-19H,3,7-10,16H2,1-2H3,(H,27,32)(H,28,30). The second-order valence-corrected chi connectivity index (χ2v) is 8.67. The lowest BCUT2D eigenvalue weighted by Gasteiger charge is -2.28. The Morgan fingerprint density at radius 1 is 1.03 bits per heavy atom. The van der Waals surface area contributed by atoms with Gasteiger partial charge < -0.3 is 19.8 Å². The Labute approximate surface area is 199 Å². The van der Waals surface area contributed by atoms with Crippen molar-refractivity contribution in [1.82, 2.24) is 10.2 Å². The summed E-state index contributed by atoms with van der Waals surface area (Å²) in [6.45, 7) is 2.08. The van der Waals surface area contributed by atoms with E-state index in [1.54, 1.807) is 0 Å². The van der Waals surface area contributed by atoms with E-state index in [2.05, 4.69) is 27.8 Å². The van der Waals surface area contributed by atoms with Gasteiger partial charge in [-0.2, -0.15) is 0 Å². The third-order valence-corrected chi connectivity index (χ3v) is 6.38. The topological polar surface area (TPSA) is 106 Å². The van der Waals surface area contributed by atoms with Gasteiger partial charge in [-0.15, -0.1) is 5.10 Å². The van der Waals surface area contributed by atoms with E-state index < -0.39 is 5.91 Å². The van der Waals surface area contributed by atoms with Gasteiger partial charge in [0.2, 0.25) is 0 Å². The SMILES string of the molecule is CCc1cccc(Nc2nnc(C(=O)Nc3ccc(C4CCC(CC(=O)OC)CC4)cc3)o2)c1. The van der Waals surface area contributed by atoms with Crippen LogP contribution in [0.1, 0.15) is 66.8 Å². The summed E-state index contributed by atoms with van der Waals surface area (Å²) in [4.78, 5) is 24.0. The molecule has 2 aromatic carbocycles. The number of nitrogens with zero attached hydrogens (tertiary/aromatic N) is 2. The number of nitrogens with one attached hydrogen (secondary N) is 2. The molecule has 0 unspecified atom stereocenters. The monoisotopic (exact) mass is 462 g/mol. The minimum absolute atomic E-state index is 0.109. The lowest BCUT2D eigenvalue weighted by Crippen LogP contribution is -2.17. The second-order valence-electron chi connectivity index (χ2n) is 8.67. The van der Waals surface area contributed by atoms with Crippen LogP contribution in [0.4, 0.5) is 17.4 Å². The third kappa shape index (κ3) is 6.01. The summed E-state index contributed by atoms with van der Waals surface area (Å²) in [7, 11) is 1.44. The van der Waals surface area contributed by atoms with Crippen molar-refractivity contribution in [3.05, 3.63) is 65.5 Å². The average molecular weight is 463 g/mol. The van der Waals surface area contributed by atoms with Gasteiger partial charge in [-0.05, 0) is 79.3 Å². The molecule has 0 spiro atoms. The quantitative estimate of drug-likeness (QED) is 0.428. The average Bonchev–Trinajstić information content (AvgIpc) is 3.33. The van der Waals surface area contributed by atoms with Crippen molar-refractivity contribution in [2.45, 2.75) is 51.4 Å². The molecule has 0 aliphatic heterocycles. The zero-order valence-electron chi connectivity index (χ0n) is 19.5. The summed E-state index contributed by atoms with van der Waals surface area (Å²) < 4.78 is 10.3. The molecule has 0 radical (unpaired) electrons. The lowest BCUT2D eigenvalue weighted by atomic mass is 9.77. The Morgan fingerprint density at radius 3 is 2.50 bits per heavy atom. The van der Waals surface area contributed by atoms with E-state index in [4.69, 9.17) is 9.15 Å². The Hall–Kier alpha value is -3.68. The molecule has 0 atom stereocenters. The van der Waals surface area contributed by atoms with Gasteiger partial charge in [-0.25, -0.2) is 0 Å². The molecule has 1 amide bonds. The molecule has 1 saturated carbocycles. The van der Waals surface area contributed by atoms with Crippen molar-refractivity contribution >= 4 is 29.3 Å². The first-order valence-corrected chi connectivity index (χ1v) is 11.7. The molecular weight excluding hydrogens is 432 g/mol. The summed E-state index contributed by atoms with van der Waals surface area (Å²) in [5.74, 6) is 0.181. The number of carbonyl (C=O) groups is 2. The Morgan fingerprint density at radius 2 is 1.79 bits per heavy atom. The minimum atomic E-state index is -0.459. The van der Waals surface area contributed by atoms with Gasteiger partial charge >= 0.3 is 23.8 Å². The molecule has 8 nitrogen and oxygen atoms in total. The molecule has 3 aromatic rings. The van der Waals surface area contributed by atoms with Crippen LogP contribution >= 0.6 is 0 Å². The van der Waals surface area contributed by atoms with Gasteiger partial charge in [0.25, 0.3) is 0 Å². The number of anilines is 3. The maximum absolute atomic E-state index is 12.5. The molecular formula is C26H30N4O4. The van der Waals surface area contributed by atoms with Crippen LogP contribution < -0.4 is 10.6 Å². The van der Waals surface area contributed by atoms with Crippen molar-refractivity contribution in [2.75, 3.05) is 17.7 Å². The fourth-order valence-corrected chi connectivity index (χ4v) is 4.40. The highest BCUT2D eigenvalue weighted by Gasteiger charge is 2.24. The van der Waals surface area contributed by atoms with Gasteiger partial charge in [-0.3, -0.25) is 9.59 Å². The molecule has 0 saturated heterocycles. The summed E-state index contributed by atoms with van der Waals surface area (Å²) in [6, 6.07) is 15.9. The summed E-state index contributed by atoms with van der Waals surface area (Å²) in [5.41, 5.74) is 3.91. The molecule has 34 heavy (non-hydrogen) atoms. The van der Waals surface area contributed by atoms with E-state index in [0.717, 1.165) is 37.8 Å². The van der Waals surface area contributed by atoms with Crippen LogP contribution in [-0.4, -0.2) is 29.2 Å². The number of hydrogen-bond acceptors (Lipinski definition) is 7. The first kappa shape index (κ1) is 23.5. The zero-order chi connectivity index (χ0) is 23.9. The number of benzene rings is 2. The van der Waals surface area contributed by atoms with Crippen molar-refractivity contribution in [3.8, 4) is 0 Å². The summed E-state index contributed by atoms with van der Waals surface area (Å²) >= 11 is 0. The number of aryl methyl sites for hydroxylation is 1. The maximum atomic E-state index is 12.5. The molecule has 178 valence electrons. The molecule has 8 heteroatoms. The summed E-state index contributed by atoms with van der Waals surface area (Å²) in [6.07, 6.45) is 5.57. The van der Waals surface area contributed by atoms with Crippen LogP contribution in [0.5, 0.6) is 0 Å². The van der Waals surface area contributed by atoms with E-state index in [9.17, 15) is 9.59 Å². The van der Waals surface area contributed by atoms with Crippen molar-refractivity contribution in [2.24, 2.45) is 5.92 Å². The van der Waals surface area contributed by atoms with Crippen LogP contribution in [0.15, 0.2) is 52.9 Å². The van der Waals surface area contributed by atoms with Crippen LogP contribution in [0.25, 0.3) is 0 Å². The molecule has 0 bridgehead atoms. The van der Waals surface area contributed by atoms with E-state index in [1.807, 2.05) is 48.5 Å². The van der Waals surface area contributed by atoms with E-state index >= 15 is 0 Å². The number of rotatable bonds is 8. The van der Waals surface area contributed by atoms with Gasteiger partial charge in [-0.1, -0.05) is 36.3 Å². The Balaban J connectivity index is 1.30. The minimum Gasteiger partial charge on any atom is -0.469 e. The third-order valence-electron chi connectivity index (χ3n) is 6.38. The van der Waals surface area contributed by atoms with E-state index in [1.165, 1.54) is 18.2 Å². The van der Waals surface area contributed by atoms with Gasteiger partial charge in [0.05, 0.1) is 7.11 Å². The Bertz CT molecular complexity index is 1120. The highest BCUT2D eigenvalue weighted by Crippen LogP contribution is 2.37. The number of amides is 1. The number of ether oxygens (including phenoxy) is 1. The van der Waals surface area contributed by atoms with Crippen molar-refractivity contribution in [1.29, 1.82) is 0 Å². The van der Waals surface area contributed by atoms with Crippen LogP contribution in [0.2, 0.25) is 0 Å². The number of methoxy groups -OCH3 is 1. The first-order chi connectivity index (χ1) is 16.5. The van der Waals surface area contributed by atoms with Crippen molar-refractivity contribution in [3.63, 3.8) is 0 Å². The fourth-order valence-electron chi connectivity index (χ4n) is 4.40. The number of carbonyl (C=O) groups excluding carboxylic acids is 2. The lowest BCUT2D eigenvalue weighted by molar-refractivity contribution is -0.142. The molecule has 1 fully saturated rings. The molecule has 1 aromatic heterocycles. The predicted octanol–water partition coefficient (Wildman–Crippen LogP) is 5.46. The Kier molecular flexibility index (Phi) is 7.57. The van der Waals surface area contributed by atoms with Gasteiger partial charge in [0.15, 0.2) is 0 Å². The molecule has 1 heterocycles. The number of esters is 1. The second kappa shape index (κ2) is 11.0. The van der Waals surface area contributed by atoms with Crippen LogP contribution in [0.3, 0.4) is 0 Å².